The minimum atomic E-state index is -0.133. The third-order valence-electron chi connectivity index (χ3n) is 6.11. The Hall–Kier alpha value is -3.91. The quantitative estimate of drug-likeness (QED) is 0.448. The van der Waals surface area contributed by atoms with E-state index in [1.165, 1.54) is 0 Å². The number of aromatic nitrogens is 3. The molecule has 1 fully saturated rings. The maximum absolute atomic E-state index is 12.8. The SMILES string of the molecule is O=C(Cn1ccc2ccc(Cl)cc21)Nc1ccc(CC(=O)N2CCN(c3ncccn3)CC2)cc1. The molecule has 178 valence electrons. The van der Waals surface area contributed by atoms with E-state index in [9.17, 15) is 9.59 Å². The van der Waals surface area contributed by atoms with Gasteiger partial charge in [-0.25, -0.2) is 9.97 Å². The van der Waals surface area contributed by atoms with E-state index in [0.29, 0.717) is 49.3 Å². The summed E-state index contributed by atoms with van der Waals surface area (Å²) in [5.41, 5.74) is 2.52. The minimum Gasteiger partial charge on any atom is -0.339 e. The van der Waals surface area contributed by atoms with Crippen molar-refractivity contribution in [3.63, 3.8) is 0 Å². The third-order valence-corrected chi connectivity index (χ3v) is 6.35. The number of fused-ring (bicyclic) bond motifs is 1. The molecule has 0 radical (unpaired) electrons. The molecule has 0 unspecified atom stereocenters. The highest BCUT2D eigenvalue weighted by Crippen LogP contribution is 2.21. The van der Waals surface area contributed by atoms with Gasteiger partial charge in [-0.3, -0.25) is 9.59 Å². The van der Waals surface area contributed by atoms with E-state index in [0.717, 1.165) is 16.5 Å². The van der Waals surface area contributed by atoms with Gasteiger partial charge in [0.25, 0.3) is 0 Å². The number of hydrogen-bond acceptors (Lipinski definition) is 5. The number of rotatable bonds is 6. The predicted octanol–water partition coefficient (Wildman–Crippen LogP) is 3.61. The molecular formula is C26H25ClN6O2. The number of hydrogen-bond donors (Lipinski definition) is 1. The Morgan fingerprint density at radius 2 is 1.69 bits per heavy atom. The first kappa shape index (κ1) is 22.9. The Morgan fingerprint density at radius 3 is 2.43 bits per heavy atom. The summed E-state index contributed by atoms with van der Waals surface area (Å²) in [4.78, 5) is 37.9. The van der Waals surface area contributed by atoms with Crippen LogP contribution < -0.4 is 10.2 Å². The maximum atomic E-state index is 12.8. The summed E-state index contributed by atoms with van der Waals surface area (Å²) in [5, 5.41) is 4.59. The first-order valence-electron chi connectivity index (χ1n) is 11.5. The van der Waals surface area contributed by atoms with Crippen molar-refractivity contribution in [2.24, 2.45) is 0 Å². The van der Waals surface area contributed by atoms with Crippen molar-refractivity contribution in [2.75, 3.05) is 36.4 Å². The number of carbonyl (C=O) groups excluding carboxylic acids is 2. The van der Waals surface area contributed by atoms with E-state index in [4.69, 9.17) is 11.6 Å². The number of benzene rings is 2. The van der Waals surface area contributed by atoms with Crippen molar-refractivity contribution in [1.29, 1.82) is 0 Å². The van der Waals surface area contributed by atoms with Crippen LogP contribution >= 0.6 is 11.6 Å². The lowest BCUT2D eigenvalue weighted by Crippen LogP contribution is -2.49. The molecule has 35 heavy (non-hydrogen) atoms. The van der Waals surface area contributed by atoms with E-state index in [1.807, 2.05) is 64.2 Å². The van der Waals surface area contributed by atoms with Gasteiger partial charge in [-0.05, 0) is 47.3 Å². The average Bonchev–Trinajstić information content (AvgIpc) is 3.27. The highest BCUT2D eigenvalue weighted by molar-refractivity contribution is 6.31. The molecule has 1 aliphatic rings. The fourth-order valence-electron chi connectivity index (χ4n) is 4.25. The largest absolute Gasteiger partial charge is 0.339 e. The summed E-state index contributed by atoms with van der Waals surface area (Å²) in [5.74, 6) is 0.658. The molecule has 8 nitrogen and oxygen atoms in total. The van der Waals surface area contributed by atoms with Crippen molar-refractivity contribution in [2.45, 2.75) is 13.0 Å². The fourth-order valence-corrected chi connectivity index (χ4v) is 4.42. The highest BCUT2D eigenvalue weighted by Gasteiger charge is 2.22. The number of nitrogens with one attached hydrogen (secondary N) is 1. The molecule has 2 aromatic carbocycles. The molecular weight excluding hydrogens is 464 g/mol. The maximum Gasteiger partial charge on any atom is 0.244 e. The number of carbonyl (C=O) groups is 2. The Labute approximate surface area is 208 Å². The average molecular weight is 489 g/mol. The standard InChI is InChI=1S/C26H25ClN6O2/c27-21-5-4-20-8-11-33(23(20)17-21)18-24(34)30-22-6-2-19(3-7-22)16-25(35)31-12-14-32(15-13-31)26-28-9-1-10-29-26/h1-11,17H,12-16,18H2,(H,30,34). The van der Waals surface area contributed by atoms with Crippen molar-refractivity contribution in [3.8, 4) is 0 Å². The van der Waals surface area contributed by atoms with Gasteiger partial charge in [-0.15, -0.1) is 0 Å². The van der Waals surface area contributed by atoms with E-state index in [-0.39, 0.29) is 18.4 Å². The van der Waals surface area contributed by atoms with Gasteiger partial charge < -0.3 is 19.7 Å². The highest BCUT2D eigenvalue weighted by atomic mass is 35.5. The van der Waals surface area contributed by atoms with Crippen LogP contribution in [0.1, 0.15) is 5.56 Å². The molecule has 0 aliphatic carbocycles. The molecule has 2 amide bonds. The van der Waals surface area contributed by atoms with Crippen LogP contribution in [0, 0.1) is 0 Å². The second-order valence-electron chi connectivity index (χ2n) is 8.49. The van der Waals surface area contributed by atoms with Gasteiger partial charge in [-0.1, -0.05) is 29.8 Å². The summed E-state index contributed by atoms with van der Waals surface area (Å²) < 4.78 is 1.87. The Balaban J connectivity index is 1.12. The van der Waals surface area contributed by atoms with Crippen LogP contribution in [-0.4, -0.2) is 57.4 Å². The van der Waals surface area contributed by atoms with Gasteiger partial charge >= 0.3 is 0 Å². The third kappa shape index (κ3) is 5.44. The minimum absolute atomic E-state index is 0.0913. The Morgan fingerprint density at radius 1 is 0.943 bits per heavy atom. The molecule has 4 aromatic rings. The summed E-state index contributed by atoms with van der Waals surface area (Å²) in [7, 11) is 0. The lowest BCUT2D eigenvalue weighted by atomic mass is 10.1. The predicted molar refractivity (Wildman–Crippen MR) is 137 cm³/mol. The number of piperazine rings is 1. The van der Waals surface area contributed by atoms with Crippen molar-refractivity contribution in [1.82, 2.24) is 19.4 Å². The topological polar surface area (TPSA) is 83.4 Å². The smallest absolute Gasteiger partial charge is 0.244 e. The molecule has 2 aromatic heterocycles. The molecule has 0 saturated carbocycles. The molecule has 1 saturated heterocycles. The molecule has 5 rings (SSSR count). The van der Waals surface area contributed by atoms with Crippen LogP contribution in [0.3, 0.4) is 0 Å². The summed E-state index contributed by atoms with van der Waals surface area (Å²) >= 11 is 6.10. The van der Waals surface area contributed by atoms with Crippen LogP contribution in [0.4, 0.5) is 11.6 Å². The fraction of sp³-hybridized carbons (Fsp3) is 0.231. The first-order chi connectivity index (χ1) is 17.0. The van der Waals surface area contributed by atoms with Crippen LogP contribution in [0.2, 0.25) is 5.02 Å². The number of nitrogens with zero attached hydrogens (tertiary/aromatic N) is 5. The van der Waals surface area contributed by atoms with Crippen molar-refractivity contribution in [3.05, 3.63) is 83.8 Å². The van der Waals surface area contributed by atoms with Gasteiger partial charge in [0.05, 0.1) is 6.42 Å². The van der Waals surface area contributed by atoms with Crippen molar-refractivity contribution >= 4 is 46.0 Å². The molecule has 0 spiro atoms. The van der Waals surface area contributed by atoms with Crippen LogP contribution in [0.15, 0.2) is 73.2 Å². The molecule has 0 atom stereocenters. The zero-order valence-electron chi connectivity index (χ0n) is 19.1. The molecule has 0 bridgehead atoms. The number of halogens is 1. The van der Waals surface area contributed by atoms with Gasteiger partial charge in [0, 0.05) is 61.0 Å². The summed E-state index contributed by atoms with van der Waals surface area (Å²) in [6.45, 7) is 2.90. The number of anilines is 2. The van der Waals surface area contributed by atoms with Gasteiger partial charge in [0.15, 0.2) is 0 Å². The molecule has 3 heterocycles. The monoisotopic (exact) mass is 488 g/mol. The molecule has 9 heteroatoms. The zero-order chi connectivity index (χ0) is 24.2. The lowest BCUT2D eigenvalue weighted by molar-refractivity contribution is -0.130. The van der Waals surface area contributed by atoms with Crippen LogP contribution in [0.25, 0.3) is 10.9 Å². The summed E-state index contributed by atoms with van der Waals surface area (Å²) in [6, 6.07) is 16.8. The Kier molecular flexibility index (Phi) is 6.63. The second-order valence-corrected chi connectivity index (χ2v) is 8.92. The normalized spacial score (nSPS) is 13.7. The van der Waals surface area contributed by atoms with E-state index >= 15 is 0 Å². The van der Waals surface area contributed by atoms with E-state index in [1.54, 1.807) is 18.5 Å². The number of amides is 2. The first-order valence-corrected chi connectivity index (χ1v) is 11.9. The zero-order valence-corrected chi connectivity index (χ0v) is 19.9. The molecule has 1 N–H and O–H groups in total. The summed E-state index contributed by atoms with van der Waals surface area (Å²) in [6.07, 6.45) is 5.66. The van der Waals surface area contributed by atoms with E-state index < -0.39 is 0 Å². The van der Waals surface area contributed by atoms with E-state index in [2.05, 4.69) is 20.2 Å². The van der Waals surface area contributed by atoms with Crippen molar-refractivity contribution < 1.29 is 9.59 Å². The van der Waals surface area contributed by atoms with Gasteiger partial charge in [0.2, 0.25) is 17.8 Å². The van der Waals surface area contributed by atoms with Gasteiger partial charge in [0.1, 0.15) is 6.54 Å². The van der Waals surface area contributed by atoms with Crippen LogP contribution in [0.5, 0.6) is 0 Å². The second kappa shape index (κ2) is 10.1. The van der Waals surface area contributed by atoms with Crippen LogP contribution in [-0.2, 0) is 22.6 Å². The molecule has 1 aliphatic heterocycles. The Bertz CT molecular complexity index is 1330. The van der Waals surface area contributed by atoms with Gasteiger partial charge in [-0.2, -0.15) is 0 Å². The lowest BCUT2D eigenvalue weighted by Gasteiger charge is -2.34.